The van der Waals surface area contributed by atoms with Crippen LogP contribution < -0.4 is 5.32 Å². The van der Waals surface area contributed by atoms with E-state index in [1.54, 1.807) is 0 Å². The Morgan fingerprint density at radius 2 is 2.06 bits per heavy atom. The van der Waals surface area contributed by atoms with Crippen LogP contribution in [0.1, 0.15) is 52.9 Å². The zero-order chi connectivity index (χ0) is 13.6. The molecule has 0 bridgehead atoms. The van der Waals surface area contributed by atoms with E-state index in [0.29, 0.717) is 5.91 Å². The van der Waals surface area contributed by atoms with Crippen LogP contribution in [0.15, 0.2) is 0 Å². The second kappa shape index (κ2) is 7.39. The van der Waals surface area contributed by atoms with Crippen LogP contribution in [-0.2, 0) is 4.79 Å². The van der Waals surface area contributed by atoms with Gasteiger partial charge in [-0.15, -0.1) is 0 Å². The van der Waals surface area contributed by atoms with Gasteiger partial charge < -0.3 is 4.90 Å². The number of thioether (sulfide) groups is 1. The van der Waals surface area contributed by atoms with E-state index in [2.05, 4.69) is 32.3 Å². The van der Waals surface area contributed by atoms with E-state index in [4.69, 9.17) is 0 Å². The Labute approximate surface area is 116 Å². The number of nitrogens with one attached hydrogen (secondary N) is 1. The monoisotopic (exact) mass is 272 g/mol. The van der Waals surface area contributed by atoms with Gasteiger partial charge in [0.1, 0.15) is 0 Å². The Morgan fingerprint density at radius 1 is 1.39 bits per heavy atom. The third-order valence-electron chi connectivity index (χ3n) is 4.19. The maximum absolute atomic E-state index is 12.3. The minimum Gasteiger partial charge on any atom is -0.327 e. The number of carbonyl (C=O) groups is 1. The third kappa shape index (κ3) is 3.64. The number of unbranched alkanes of at least 4 members (excludes halogenated alkanes) is 1. The fourth-order valence-electron chi connectivity index (χ4n) is 2.55. The minimum atomic E-state index is 0.0678. The van der Waals surface area contributed by atoms with Gasteiger partial charge in [0.25, 0.3) is 0 Å². The van der Waals surface area contributed by atoms with Crippen LogP contribution in [0.5, 0.6) is 0 Å². The van der Waals surface area contributed by atoms with Crippen LogP contribution in [0.4, 0.5) is 0 Å². The summed E-state index contributed by atoms with van der Waals surface area (Å²) in [6, 6.07) is 0.0678. The van der Waals surface area contributed by atoms with Crippen LogP contribution in [0.2, 0.25) is 0 Å². The first-order valence-corrected chi connectivity index (χ1v) is 8.42. The zero-order valence-electron chi connectivity index (χ0n) is 12.3. The number of hydrogen-bond acceptors (Lipinski definition) is 3. The summed E-state index contributed by atoms with van der Waals surface area (Å²) in [5.41, 5.74) is 0. The first-order chi connectivity index (χ1) is 8.62. The van der Waals surface area contributed by atoms with E-state index in [1.807, 2.05) is 16.7 Å². The Balaban J connectivity index is 2.56. The summed E-state index contributed by atoms with van der Waals surface area (Å²) < 4.78 is 0.233. The van der Waals surface area contributed by atoms with Crippen molar-refractivity contribution in [1.29, 1.82) is 0 Å². The zero-order valence-corrected chi connectivity index (χ0v) is 13.1. The highest BCUT2D eigenvalue weighted by atomic mass is 32.2. The molecule has 1 saturated heterocycles. The normalized spacial score (nSPS) is 20.8. The number of carbonyl (C=O) groups excluding carboxylic acids is 1. The predicted molar refractivity (Wildman–Crippen MR) is 79.9 cm³/mol. The second-order valence-electron chi connectivity index (χ2n) is 5.19. The molecule has 18 heavy (non-hydrogen) atoms. The number of rotatable bonds is 8. The molecule has 1 fully saturated rings. The molecule has 1 N–H and O–H groups in total. The number of nitrogens with zero attached hydrogens (tertiary/aromatic N) is 1. The van der Waals surface area contributed by atoms with Crippen molar-refractivity contribution in [3.05, 3.63) is 0 Å². The number of hydrogen-bond donors (Lipinski definition) is 1. The average Bonchev–Trinajstić information content (AvgIpc) is 2.75. The Bertz CT molecular complexity index is 258. The minimum absolute atomic E-state index is 0.0678. The molecule has 0 saturated carbocycles. The lowest BCUT2D eigenvalue weighted by Crippen LogP contribution is -2.42. The third-order valence-corrected chi connectivity index (χ3v) is 5.76. The predicted octanol–water partition coefficient (Wildman–Crippen LogP) is 2.86. The van der Waals surface area contributed by atoms with Gasteiger partial charge >= 0.3 is 0 Å². The van der Waals surface area contributed by atoms with Gasteiger partial charge in [-0.2, -0.15) is 11.8 Å². The smallest absolute Gasteiger partial charge is 0.240 e. The summed E-state index contributed by atoms with van der Waals surface area (Å²) in [5.74, 6) is 0.309. The van der Waals surface area contributed by atoms with Crippen LogP contribution in [0, 0.1) is 0 Å². The maximum Gasteiger partial charge on any atom is 0.240 e. The lowest BCUT2D eigenvalue weighted by molar-refractivity contribution is -0.129. The molecule has 0 spiro atoms. The summed E-state index contributed by atoms with van der Waals surface area (Å²) in [7, 11) is 0. The molecule has 1 rings (SSSR count). The van der Waals surface area contributed by atoms with Crippen LogP contribution in [0.3, 0.4) is 0 Å². The van der Waals surface area contributed by atoms with Gasteiger partial charge in [0, 0.05) is 11.3 Å². The van der Waals surface area contributed by atoms with Gasteiger partial charge in [-0.05, 0) is 25.5 Å². The molecule has 0 aliphatic carbocycles. The Kier molecular flexibility index (Phi) is 6.50. The summed E-state index contributed by atoms with van der Waals surface area (Å²) in [5, 5.41) is 3.35. The van der Waals surface area contributed by atoms with Crippen LogP contribution >= 0.6 is 11.8 Å². The van der Waals surface area contributed by atoms with E-state index in [0.717, 1.165) is 45.3 Å². The molecule has 1 aliphatic heterocycles. The quantitative estimate of drug-likeness (QED) is 0.737. The molecule has 0 aromatic heterocycles. The van der Waals surface area contributed by atoms with Crippen LogP contribution in [0.25, 0.3) is 0 Å². The molecule has 1 heterocycles. The van der Waals surface area contributed by atoms with E-state index < -0.39 is 0 Å². The first-order valence-electron chi connectivity index (χ1n) is 7.19. The van der Waals surface area contributed by atoms with Gasteiger partial charge in [0.05, 0.1) is 12.7 Å². The van der Waals surface area contributed by atoms with Gasteiger partial charge in [-0.3, -0.25) is 10.1 Å². The van der Waals surface area contributed by atoms with E-state index in [-0.39, 0.29) is 10.8 Å². The highest BCUT2D eigenvalue weighted by molar-refractivity contribution is 8.00. The fourth-order valence-corrected chi connectivity index (χ4v) is 3.41. The summed E-state index contributed by atoms with van der Waals surface area (Å²) >= 11 is 1.90. The SMILES string of the molecule is CCCCC1NCN(CC(CC)(CC)SC)C1=O. The molecule has 0 aromatic rings. The molecule has 1 unspecified atom stereocenters. The summed E-state index contributed by atoms with van der Waals surface area (Å²) in [6.07, 6.45) is 7.67. The van der Waals surface area contributed by atoms with Gasteiger partial charge in [0.2, 0.25) is 5.91 Å². The Morgan fingerprint density at radius 3 is 2.56 bits per heavy atom. The standard InChI is InChI=1S/C14H28N2OS/c1-5-8-9-12-13(17)16(11-15-12)10-14(6-2,7-3)18-4/h12,15H,5-11H2,1-4H3. The lowest BCUT2D eigenvalue weighted by Gasteiger charge is -2.33. The topological polar surface area (TPSA) is 32.3 Å². The largest absolute Gasteiger partial charge is 0.327 e. The summed E-state index contributed by atoms with van der Waals surface area (Å²) in [6.45, 7) is 8.24. The van der Waals surface area contributed by atoms with E-state index >= 15 is 0 Å². The van der Waals surface area contributed by atoms with E-state index in [1.165, 1.54) is 0 Å². The van der Waals surface area contributed by atoms with Crippen molar-refractivity contribution in [2.75, 3.05) is 19.5 Å². The van der Waals surface area contributed by atoms with E-state index in [9.17, 15) is 4.79 Å². The molecule has 1 atom stereocenters. The van der Waals surface area contributed by atoms with Crippen molar-refractivity contribution < 1.29 is 4.79 Å². The van der Waals surface area contributed by atoms with Gasteiger partial charge in [-0.1, -0.05) is 33.6 Å². The van der Waals surface area contributed by atoms with Crippen molar-refractivity contribution in [2.24, 2.45) is 0 Å². The molecule has 3 nitrogen and oxygen atoms in total. The van der Waals surface area contributed by atoms with Crippen LogP contribution in [-0.4, -0.2) is 41.1 Å². The van der Waals surface area contributed by atoms with Gasteiger partial charge in [0.15, 0.2) is 0 Å². The molecular formula is C14H28N2OS. The van der Waals surface area contributed by atoms with Crippen molar-refractivity contribution >= 4 is 17.7 Å². The molecule has 0 radical (unpaired) electrons. The fraction of sp³-hybridized carbons (Fsp3) is 0.929. The average molecular weight is 272 g/mol. The number of amides is 1. The molecule has 106 valence electrons. The maximum atomic E-state index is 12.3. The van der Waals surface area contributed by atoms with Crippen molar-refractivity contribution in [3.63, 3.8) is 0 Å². The highest BCUT2D eigenvalue weighted by Crippen LogP contribution is 2.32. The first kappa shape index (κ1) is 15.8. The lowest BCUT2D eigenvalue weighted by atomic mass is 10.0. The Hall–Kier alpha value is -0.220. The molecule has 1 aliphatic rings. The second-order valence-corrected chi connectivity index (χ2v) is 6.46. The molecule has 1 amide bonds. The molecule has 0 aromatic carbocycles. The van der Waals surface area contributed by atoms with Crippen molar-refractivity contribution in [2.45, 2.75) is 63.7 Å². The van der Waals surface area contributed by atoms with Gasteiger partial charge in [-0.25, -0.2) is 0 Å². The van der Waals surface area contributed by atoms with Crippen molar-refractivity contribution in [3.8, 4) is 0 Å². The highest BCUT2D eigenvalue weighted by Gasteiger charge is 2.36. The molecular weight excluding hydrogens is 244 g/mol. The summed E-state index contributed by atoms with van der Waals surface area (Å²) in [4.78, 5) is 14.3. The van der Waals surface area contributed by atoms with Crippen molar-refractivity contribution in [1.82, 2.24) is 10.2 Å². The molecule has 4 heteroatoms.